The second kappa shape index (κ2) is 8.95. The average molecular weight is 476 g/mol. The molecule has 5 nitrogen and oxygen atoms in total. The largest absolute Gasteiger partial charge is 0.482 e. The molecule has 0 radical (unpaired) electrons. The van der Waals surface area contributed by atoms with Gasteiger partial charge in [-0.05, 0) is 73.4 Å². The molecule has 1 heterocycles. The molecule has 1 aliphatic carbocycles. The summed E-state index contributed by atoms with van der Waals surface area (Å²) in [5.41, 5.74) is 1.75. The van der Waals surface area contributed by atoms with Gasteiger partial charge in [0.05, 0.1) is 5.41 Å². The third-order valence-electron chi connectivity index (χ3n) is 7.33. The number of ether oxygens (including phenoxy) is 1. The number of benzene rings is 2. The summed E-state index contributed by atoms with van der Waals surface area (Å²) in [5.74, 6) is -0.148. The van der Waals surface area contributed by atoms with Crippen LogP contribution in [-0.2, 0) is 9.59 Å². The summed E-state index contributed by atoms with van der Waals surface area (Å²) in [5, 5.41) is 13.3. The van der Waals surface area contributed by atoms with Gasteiger partial charge in [0.2, 0.25) is 5.91 Å². The zero-order valence-corrected chi connectivity index (χ0v) is 19.6. The highest BCUT2D eigenvalue weighted by atomic mass is 35.5. The fourth-order valence-electron chi connectivity index (χ4n) is 5.94. The number of amides is 1. The molecule has 0 aromatic heterocycles. The number of fused-ring (bicyclic) bond motifs is 1. The van der Waals surface area contributed by atoms with Crippen molar-refractivity contribution in [2.75, 3.05) is 6.61 Å². The van der Waals surface area contributed by atoms with Crippen LogP contribution in [0.25, 0.3) is 0 Å². The van der Waals surface area contributed by atoms with Gasteiger partial charge in [-0.15, -0.1) is 0 Å². The Morgan fingerprint density at radius 1 is 1.22 bits per heavy atom. The predicted molar refractivity (Wildman–Crippen MR) is 125 cm³/mol. The van der Waals surface area contributed by atoms with Crippen LogP contribution in [0.1, 0.15) is 56.1 Å². The number of hydrogen-bond acceptors (Lipinski definition) is 3. The van der Waals surface area contributed by atoms with E-state index in [9.17, 15) is 9.59 Å². The van der Waals surface area contributed by atoms with Crippen LogP contribution in [0.15, 0.2) is 42.5 Å². The topological polar surface area (TPSA) is 75.6 Å². The number of aliphatic carboxylic acids is 1. The number of carboxylic acids is 1. The maximum atomic E-state index is 13.1. The van der Waals surface area contributed by atoms with Gasteiger partial charge in [-0.3, -0.25) is 4.79 Å². The average Bonchev–Trinajstić information content (AvgIpc) is 3.03. The van der Waals surface area contributed by atoms with Gasteiger partial charge in [-0.25, -0.2) is 4.79 Å². The first kappa shape index (κ1) is 22.9. The molecule has 2 aromatic rings. The summed E-state index contributed by atoms with van der Waals surface area (Å²) in [7, 11) is 0. The van der Waals surface area contributed by atoms with Crippen molar-refractivity contribution >= 4 is 35.1 Å². The van der Waals surface area contributed by atoms with Gasteiger partial charge in [0, 0.05) is 22.0 Å². The van der Waals surface area contributed by atoms with Crippen LogP contribution in [-0.4, -0.2) is 29.6 Å². The lowest BCUT2D eigenvalue weighted by Crippen LogP contribution is -2.43. The zero-order chi connectivity index (χ0) is 23.0. The van der Waals surface area contributed by atoms with Crippen molar-refractivity contribution in [3.8, 4) is 5.75 Å². The minimum atomic E-state index is -1.04. The predicted octanol–water partition coefficient (Wildman–Crippen LogP) is 5.65. The second-order valence-corrected chi connectivity index (χ2v) is 9.73. The van der Waals surface area contributed by atoms with Crippen molar-refractivity contribution in [2.24, 2.45) is 11.3 Å². The Morgan fingerprint density at radius 3 is 2.56 bits per heavy atom. The fraction of sp³-hybridized carbons (Fsp3) is 0.440. The van der Waals surface area contributed by atoms with Crippen molar-refractivity contribution < 1.29 is 19.4 Å². The number of rotatable bonds is 6. The molecule has 32 heavy (non-hydrogen) atoms. The number of carbonyl (C=O) groups is 2. The van der Waals surface area contributed by atoms with Gasteiger partial charge < -0.3 is 15.2 Å². The molecular weight excluding hydrogens is 449 g/mol. The smallest absolute Gasteiger partial charge is 0.341 e. The molecule has 1 amide bonds. The lowest BCUT2D eigenvalue weighted by atomic mass is 9.54. The van der Waals surface area contributed by atoms with Gasteiger partial charge >= 0.3 is 5.97 Å². The van der Waals surface area contributed by atoms with Gasteiger partial charge in [-0.1, -0.05) is 48.3 Å². The minimum Gasteiger partial charge on any atom is -0.482 e. The van der Waals surface area contributed by atoms with E-state index >= 15 is 0 Å². The number of carboxylic acid groups (broad SMARTS) is 1. The quantitative estimate of drug-likeness (QED) is 0.565. The zero-order valence-electron chi connectivity index (χ0n) is 18.1. The van der Waals surface area contributed by atoms with Crippen LogP contribution in [0.2, 0.25) is 10.0 Å². The second-order valence-electron chi connectivity index (χ2n) is 8.89. The van der Waals surface area contributed by atoms with Crippen molar-refractivity contribution in [1.29, 1.82) is 0 Å². The van der Waals surface area contributed by atoms with Crippen LogP contribution in [0, 0.1) is 11.3 Å². The Morgan fingerprint density at radius 2 is 1.94 bits per heavy atom. The lowest BCUT2D eigenvalue weighted by Gasteiger charge is -2.47. The highest BCUT2D eigenvalue weighted by Gasteiger charge is 2.59. The summed E-state index contributed by atoms with van der Waals surface area (Å²) < 4.78 is 5.30. The van der Waals surface area contributed by atoms with Crippen LogP contribution in [0.4, 0.5) is 0 Å². The lowest BCUT2D eigenvalue weighted by molar-refractivity contribution is -0.139. The monoisotopic (exact) mass is 475 g/mol. The van der Waals surface area contributed by atoms with E-state index in [1.54, 1.807) is 12.1 Å². The standard InChI is InChI=1S/C25H27Cl2NO4/c1-3-25-11-10-19(18-9-8-17(12-20(18)27)32-13-21(29)30)22(15-4-6-16(26)7-5-15)23(25)14(2)28-24(25)31/h4-9,12,14,19,22-23H,3,10-11,13H2,1-2H3,(H,28,31)(H,29,30)/t14-,19+,22+,23+,25-/m1/s1. The summed E-state index contributed by atoms with van der Waals surface area (Å²) in [6.45, 7) is 3.78. The molecule has 170 valence electrons. The Labute approximate surface area is 198 Å². The van der Waals surface area contributed by atoms with Crippen molar-refractivity contribution in [1.82, 2.24) is 5.32 Å². The molecule has 7 heteroatoms. The Balaban J connectivity index is 1.77. The summed E-state index contributed by atoms with van der Waals surface area (Å²) >= 11 is 12.9. The number of hydrogen-bond donors (Lipinski definition) is 2. The Kier molecular flexibility index (Phi) is 6.42. The van der Waals surface area contributed by atoms with Gasteiger partial charge in [-0.2, -0.15) is 0 Å². The first-order valence-electron chi connectivity index (χ1n) is 11.0. The number of nitrogens with one attached hydrogen (secondary N) is 1. The molecule has 2 N–H and O–H groups in total. The first-order valence-corrected chi connectivity index (χ1v) is 11.7. The van der Waals surface area contributed by atoms with Crippen molar-refractivity contribution in [3.63, 3.8) is 0 Å². The molecule has 1 saturated carbocycles. The highest BCUT2D eigenvalue weighted by Crippen LogP contribution is 2.60. The minimum absolute atomic E-state index is 0.0443. The Hall–Kier alpha value is -2.24. The molecule has 1 aliphatic heterocycles. The van der Waals surface area contributed by atoms with Crippen molar-refractivity contribution in [3.05, 3.63) is 63.6 Å². The normalized spacial score (nSPS) is 29.3. The number of carbonyl (C=O) groups excluding carboxylic acids is 1. The van der Waals surface area contributed by atoms with Crippen LogP contribution >= 0.6 is 23.2 Å². The van der Waals surface area contributed by atoms with Crippen LogP contribution < -0.4 is 10.1 Å². The maximum absolute atomic E-state index is 13.1. The molecule has 2 fully saturated rings. The Bertz CT molecular complexity index is 1030. The van der Waals surface area contributed by atoms with E-state index in [4.69, 9.17) is 33.0 Å². The van der Waals surface area contributed by atoms with Gasteiger partial charge in [0.1, 0.15) is 5.75 Å². The third kappa shape index (κ3) is 3.97. The molecule has 1 saturated heterocycles. The first-order chi connectivity index (χ1) is 15.3. The molecule has 0 spiro atoms. The van der Waals surface area contributed by atoms with E-state index in [1.165, 1.54) is 0 Å². The van der Waals surface area contributed by atoms with Gasteiger partial charge in [0.15, 0.2) is 6.61 Å². The molecule has 4 rings (SSSR count). The molecule has 5 atom stereocenters. The van der Waals surface area contributed by atoms with Gasteiger partial charge in [0.25, 0.3) is 0 Å². The van der Waals surface area contributed by atoms with E-state index in [-0.39, 0.29) is 29.7 Å². The van der Waals surface area contributed by atoms with E-state index in [0.29, 0.717) is 15.8 Å². The van der Waals surface area contributed by atoms with Crippen molar-refractivity contribution in [2.45, 2.75) is 51.0 Å². The van der Waals surface area contributed by atoms with E-state index in [2.05, 4.69) is 31.3 Å². The summed E-state index contributed by atoms with van der Waals surface area (Å²) in [6, 6.07) is 13.3. The van der Waals surface area contributed by atoms with Crippen LogP contribution in [0.5, 0.6) is 5.75 Å². The molecule has 2 aromatic carbocycles. The SMILES string of the molecule is CC[C@@]12CC[C@@H](c3ccc(OCC(=O)O)cc3Cl)[C@H](c3ccc(Cl)cc3)[C@@H]1[C@@H](C)NC2=O. The molecule has 0 bridgehead atoms. The fourth-order valence-corrected chi connectivity index (χ4v) is 6.37. The van der Waals surface area contributed by atoms with E-state index in [1.807, 2.05) is 18.2 Å². The summed E-state index contributed by atoms with van der Waals surface area (Å²) in [6.07, 6.45) is 2.42. The maximum Gasteiger partial charge on any atom is 0.341 e. The third-order valence-corrected chi connectivity index (χ3v) is 7.91. The van der Waals surface area contributed by atoms with E-state index in [0.717, 1.165) is 30.4 Å². The molecule has 2 aliphatic rings. The van der Waals surface area contributed by atoms with E-state index < -0.39 is 18.0 Å². The molecular formula is C25H27Cl2NO4. The molecule has 0 unspecified atom stereocenters. The van der Waals surface area contributed by atoms with Crippen LogP contribution in [0.3, 0.4) is 0 Å². The summed E-state index contributed by atoms with van der Waals surface area (Å²) in [4.78, 5) is 23.9. The number of halogens is 2. The highest BCUT2D eigenvalue weighted by molar-refractivity contribution is 6.31.